The number of nitrogens with zero attached hydrogens (tertiary/aromatic N) is 3. The van der Waals surface area contributed by atoms with E-state index in [2.05, 4.69) is 37.1 Å². The average Bonchev–Trinajstić information content (AvgIpc) is 3.35. The predicted molar refractivity (Wildman–Crippen MR) is 149 cm³/mol. The molecule has 9 heteroatoms. The van der Waals surface area contributed by atoms with Gasteiger partial charge in [0.05, 0.1) is 25.5 Å². The van der Waals surface area contributed by atoms with Gasteiger partial charge in [-0.15, -0.1) is 23.1 Å². The van der Waals surface area contributed by atoms with Gasteiger partial charge in [-0.1, -0.05) is 20.8 Å². The van der Waals surface area contributed by atoms with E-state index >= 15 is 0 Å². The molecular weight excluding hydrogens is 504 g/mol. The molecule has 0 spiro atoms. The Kier molecular flexibility index (Phi) is 8.40. The van der Waals surface area contributed by atoms with Gasteiger partial charge in [-0.25, -0.2) is 9.97 Å². The summed E-state index contributed by atoms with van der Waals surface area (Å²) < 4.78 is 10.7. The number of ether oxygens (including phenoxy) is 2. The second-order valence-corrected chi connectivity index (χ2v) is 12.1. The molecule has 0 fully saturated rings. The van der Waals surface area contributed by atoms with Gasteiger partial charge in [-0.05, 0) is 60.4 Å². The number of aromatic nitrogens is 2. The van der Waals surface area contributed by atoms with E-state index in [4.69, 9.17) is 14.5 Å². The van der Waals surface area contributed by atoms with Crippen molar-refractivity contribution in [2.24, 2.45) is 11.3 Å². The lowest BCUT2D eigenvalue weighted by Crippen LogP contribution is -2.27. The first-order chi connectivity index (χ1) is 17.7. The Morgan fingerprint density at radius 3 is 2.70 bits per heavy atom. The largest absolute Gasteiger partial charge is 0.493 e. The molecule has 1 N–H and O–H groups in total. The number of nitrogens with one attached hydrogen (secondary N) is 1. The minimum atomic E-state index is -0.120. The normalized spacial score (nSPS) is 15.0. The average molecular weight is 537 g/mol. The highest BCUT2D eigenvalue weighted by molar-refractivity contribution is 7.99. The summed E-state index contributed by atoms with van der Waals surface area (Å²) in [7, 11) is 3.19. The van der Waals surface area contributed by atoms with E-state index < -0.39 is 0 Å². The van der Waals surface area contributed by atoms with Crippen LogP contribution in [0.15, 0.2) is 34.7 Å². The number of amides is 1. The van der Waals surface area contributed by atoms with Crippen LogP contribution in [-0.4, -0.2) is 35.8 Å². The van der Waals surface area contributed by atoms with Gasteiger partial charge in [0.2, 0.25) is 5.91 Å². The van der Waals surface area contributed by atoms with Crippen molar-refractivity contribution in [2.75, 3.05) is 25.3 Å². The Morgan fingerprint density at radius 2 is 2.00 bits per heavy atom. The number of thiazole rings is 1. The molecule has 0 aliphatic heterocycles. The van der Waals surface area contributed by atoms with Crippen LogP contribution in [-0.2, 0) is 17.6 Å². The van der Waals surface area contributed by atoms with E-state index in [1.165, 1.54) is 28.7 Å². The molecule has 7 nitrogen and oxygen atoms in total. The van der Waals surface area contributed by atoms with Crippen LogP contribution in [0, 0.1) is 22.7 Å². The van der Waals surface area contributed by atoms with Crippen LogP contribution in [0.1, 0.15) is 50.4 Å². The summed E-state index contributed by atoms with van der Waals surface area (Å²) in [5, 5.41) is 15.7. The minimum absolute atomic E-state index is 0.120. The van der Waals surface area contributed by atoms with Crippen molar-refractivity contribution in [3.8, 4) is 28.8 Å². The summed E-state index contributed by atoms with van der Waals surface area (Å²) in [5.74, 6) is 2.27. The molecule has 1 atom stereocenters. The number of carbonyl (C=O) groups is 1. The number of fused-ring (bicyclic) bond motifs is 1. The van der Waals surface area contributed by atoms with Crippen LogP contribution in [0.4, 0.5) is 5.13 Å². The van der Waals surface area contributed by atoms with Crippen LogP contribution >= 0.6 is 23.1 Å². The van der Waals surface area contributed by atoms with Crippen LogP contribution in [0.25, 0.3) is 11.3 Å². The highest BCUT2D eigenvalue weighted by atomic mass is 32.2. The number of hydrogen-bond acceptors (Lipinski definition) is 8. The van der Waals surface area contributed by atoms with Crippen LogP contribution < -0.4 is 14.8 Å². The van der Waals surface area contributed by atoms with Gasteiger partial charge in [0.25, 0.3) is 0 Å². The fourth-order valence-corrected chi connectivity index (χ4v) is 6.11. The standard InChI is InChI=1S/C28H32N4O3S2/c1-28(2,3)20-7-8-21-18(13-20)12-19(15-29)26(30-21)36-11-10-25(33)32-27-31-22(16-37-27)17-6-9-23(34-4)24(14-17)35-5/h6,9,12,14,16,20H,7-8,10-11,13H2,1-5H3,(H,31,32,33). The van der Waals surface area contributed by atoms with E-state index in [0.29, 0.717) is 45.3 Å². The summed E-state index contributed by atoms with van der Waals surface area (Å²) in [5.41, 5.74) is 4.75. The smallest absolute Gasteiger partial charge is 0.226 e. The SMILES string of the molecule is COc1ccc(-c2csc(NC(=O)CCSc3nc4c(cc3C#N)CC(C(C)(C)C)CC4)n2)cc1OC. The molecule has 1 aromatic carbocycles. The zero-order valence-corrected chi connectivity index (χ0v) is 23.5. The predicted octanol–water partition coefficient (Wildman–Crippen LogP) is 6.37. The van der Waals surface area contributed by atoms with Gasteiger partial charge in [0, 0.05) is 28.8 Å². The summed E-state index contributed by atoms with van der Waals surface area (Å²) in [6.45, 7) is 6.83. The molecule has 0 saturated heterocycles. The number of thioether (sulfide) groups is 1. The molecule has 0 saturated carbocycles. The Hall–Kier alpha value is -3.09. The molecule has 194 valence electrons. The Morgan fingerprint density at radius 1 is 1.22 bits per heavy atom. The minimum Gasteiger partial charge on any atom is -0.493 e. The quantitative estimate of drug-likeness (QED) is 0.334. The van der Waals surface area contributed by atoms with Crippen molar-refractivity contribution >= 4 is 34.1 Å². The first-order valence-corrected chi connectivity index (χ1v) is 14.1. The van der Waals surface area contributed by atoms with Crippen molar-refractivity contribution in [1.29, 1.82) is 5.26 Å². The number of methoxy groups -OCH3 is 2. The Labute approximate surface area is 226 Å². The number of nitriles is 1. The van der Waals surface area contributed by atoms with E-state index in [0.717, 1.165) is 36.2 Å². The number of aryl methyl sites for hydroxylation is 1. The topological polar surface area (TPSA) is 97.1 Å². The third kappa shape index (κ3) is 6.43. The molecule has 37 heavy (non-hydrogen) atoms. The number of carbonyl (C=O) groups excluding carboxylic acids is 1. The second kappa shape index (κ2) is 11.5. The number of benzene rings is 1. The maximum Gasteiger partial charge on any atom is 0.226 e. The van der Waals surface area contributed by atoms with Gasteiger partial charge < -0.3 is 14.8 Å². The lowest BCUT2D eigenvalue weighted by molar-refractivity contribution is -0.115. The first-order valence-electron chi connectivity index (χ1n) is 12.2. The second-order valence-electron chi connectivity index (χ2n) is 10.1. The van der Waals surface area contributed by atoms with Crippen molar-refractivity contribution in [3.05, 3.63) is 46.5 Å². The van der Waals surface area contributed by atoms with Crippen molar-refractivity contribution in [1.82, 2.24) is 9.97 Å². The maximum atomic E-state index is 12.6. The number of hydrogen-bond donors (Lipinski definition) is 1. The zero-order valence-electron chi connectivity index (χ0n) is 21.9. The summed E-state index contributed by atoms with van der Waals surface area (Å²) in [6, 6.07) is 9.90. The monoisotopic (exact) mass is 536 g/mol. The zero-order chi connectivity index (χ0) is 26.6. The fraction of sp³-hybridized carbons (Fsp3) is 0.429. The van der Waals surface area contributed by atoms with Crippen molar-refractivity contribution in [3.63, 3.8) is 0 Å². The number of rotatable bonds is 8. The molecule has 0 radical (unpaired) electrons. The highest BCUT2D eigenvalue weighted by Crippen LogP contribution is 2.38. The Bertz CT molecular complexity index is 1320. The molecule has 1 aliphatic rings. The first kappa shape index (κ1) is 27.0. The number of anilines is 1. The van der Waals surface area contributed by atoms with Crippen LogP contribution in [0.5, 0.6) is 11.5 Å². The van der Waals surface area contributed by atoms with Crippen LogP contribution in [0.3, 0.4) is 0 Å². The van der Waals surface area contributed by atoms with E-state index in [-0.39, 0.29) is 11.3 Å². The van der Waals surface area contributed by atoms with Gasteiger partial charge in [-0.3, -0.25) is 4.79 Å². The van der Waals surface area contributed by atoms with Crippen molar-refractivity contribution in [2.45, 2.75) is 51.5 Å². The third-order valence-electron chi connectivity index (χ3n) is 6.70. The third-order valence-corrected chi connectivity index (χ3v) is 8.45. The Balaban J connectivity index is 1.34. The maximum absolute atomic E-state index is 12.6. The van der Waals surface area contributed by atoms with E-state index in [1.54, 1.807) is 14.2 Å². The number of pyridine rings is 1. The van der Waals surface area contributed by atoms with Gasteiger partial charge >= 0.3 is 0 Å². The van der Waals surface area contributed by atoms with Gasteiger partial charge in [-0.2, -0.15) is 5.26 Å². The lowest BCUT2D eigenvalue weighted by atomic mass is 9.71. The summed E-state index contributed by atoms with van der Waals surface area (Å²) in [4.78, 5) is 21.9. The molecule has 0 bridgehead atoms. The molecule has 1 unspecified atom stereocenters. The summed E-state index contributed by atoms with van der Waals surface area (Å²) in [6.07, 6.45) is 3.31. The van der Waals surface area contributed by atoms with Crippen LogP contribution in [0.2, 0.25) is 0 Å². The molecular formula is C28H32N4O3S2. The van der Waals surface area contributed by atoms with Gasteiger partial charge in [0.15, 0.2) is 16.6 Å². The molecule has 1 aliphatic carbocycles. The summed E-state index contributed by atoms with van der Waals surface area (Å²) >= 11 is 2.83. The molecule has 1 amide bonds. The van der Waals surface area contributed by atoms with E-state index in [1.807, 2.05) is 29.6 Å². The molecule has 3 aromatic rings. The van der Waals surface area contributed by atoms with Crippen molar-refractivity contribution < 1.29 is 14.3 Å². The van der Waals surface area contributed by atoms with E-state index in [9.17, 15) is 10.1 Å². The molecule has 2 heterocycles. The lowest BCUT2D eigenvalue weighted by Gasteiger charge is -2.34. The highest BCUT2D eigenvalue weighted by Gasteiger charge is 2.30. The molecule has 4 rings (SSSR count). The molecule has 2 aromatic heterocycles. The van der Waals surface area contributed by atoms with Gasteiger partial charge in [0.1, 0.15) is 11.1 Å². The fourth-order valence-electron chi connectivity index (χ4n) is 4.46.